The lowest BCUT2D eigenvalue weighted by atomic mass is 9.48. The van der Waals surface area contributed by atoms with Gasteiger partial charge in [-0.05, 0) is 61.7 Å². The highest BCUT2D eigenvalue weighted by Crippen LogP contribution is 2.60. The van der Waals surface area contributed by atoms with Crippen molar-refractivity contribution in [3.8, 4) is 0 Å². The Morgan fingerprint density at radius 3 is 2.00 bits per heavy atom. The molecule has 2 N–H and O–H groups in total. The molecule has 0 aromatic rings. The molecule has 2 nitrogen and oxygen atoms in total. The Bertz CT molecular complexity index is 280. The van der Waals surface area contributed by atoms with Gasteiger partial charge in [-0.1, -0.05) is 0 Å². The first-order valence-corrected chi connectivity index (χ1v) is 8.36. The van der Waals surface area contributed by atoms with Gasteiger partial charge in [-0.3, -0.25) is 4.21 Å². The molecule has 0 heterocycles. The largest absolute Gasteiger partial charge is 0.326 e. The number of hydrogen-bond acceptors (Lipinski definition) is 2. The molecule has 4 fully saturated rings. The third kappa shape index (κ3) is 1.76. The van der Waals surface area contributed by atoms with Gasteiger partial charge in [-0.25, -0.2) is 0 Å². The first-order valence-electron chi connectivity index (χ1n) is 6.63. The summed E-state index contributed by atoms with van der Waals surface area (Å²) in [5, 5.41) is 0. The molecule has 0 amide bonds. The van der Waals surface area contributed by atoms with E-state index < -0.39 is 10.8 Å². The van der Waals surface area contributed by atoms with Gasteiger partial charge in [0.1, 0.15) is 0 Å². The summed E-state index contributed by atoms with van der Waals surface area (Å²) in [6, 6.07) is 0.187. The van der Waals surface area contributed by atoms with Gasteiger partial charge in [-0.15, -0.1) is 0 Å². The van der Waals surface area contributed by atoms with Crippen molar-refractivity contribution in [2.45, 2.75) is 44.6 Å². The molecule has 4 bridgehead atoms. The Hall–Kier alpha value is 0.110. The monoisotopic (exact) mass is 241 g/mol. The van der Waals surface area contributed by atoms with Crippen LogP contribution >= 0.6 is 0 Å². The first kappa shape index (κ1) is 11.2. The second-order valence-electron chi connectivity index (χ2n) is 6.63. The molecule has 2 unspecified atom stereocenters. The Morgan fingerprint density at radius 1 is 1.19 bits per heavy atom. The molecule has 0 aliphatic heterocycles. The highest BCUT2D eigenvalue weighted by molar-refractivity contribution is 7.84. The van der Waals surface area contributed by atoms with Crippen molar-refractivity contribution in [1.29, 1.82) is 0 Å². The van der Waals surface area contributed by atoms with Crippen LogP contribution in [0.15, 0.2) is 0 Å². The van der Waals surface area contributed by atoms with E-state index in [1.165, 1.54) is 38.5 Å². The molecule has 0 radical (unpaired) electrons. The Balaban J connectivity index is 1.80. The van der Waals surface area contributed by atoms with Gasteiger partial charge in [0.25, 0.3) is 0 Å². The van der Waals surface area contributed by atoms with E-state index >= 15 is 0 Å². The Labute approximate surface area is 101 Å². The minimum Gasteiger partial charge on any atom is -0.326 e. The highest BCUT2D eigenvalue weighted by atomic mass is 32.2. The van der Waals surface area contributed by atoms with Crippen molar-refractivity contribution in [3.05, 3.63) is 0 Å². The molecule has 0 saturated heterocycles. The zero-order valence-electron chi connectivity index (χ0n) is 10.2. The van der Waals surface area contributed by atoms with Crippen LogP contribution in [-0.2, 0) is 10.8 Å². The Morgan fingerprint density at radius 2 is 1.62 bits per heavy atom. The van der Waals surface area contributed by atoms with E-state index in [0.29, 0.717) is 11.2 Å². The van der Waals surface area contributed by atoms with Crippen LogP contribution in [0.2, 0.25) is 0 Å². The fourth-order valence-electron chi connectivity index (χ4n) is 5.06. The molecule has 0 aromatic heterocycles. The van der Waals surface area contributed by atoms with Crippen molar-refractivity contribution in [2.24, 2.45) is 28.9 Å². The van der Waals surface area contributed by atoms with E-state index in [1.54, 1.807) is 6.26 Å². The third-order valence-corrected chi connectivity index (χ3v) is 6.11. The van der Waals surface area contributed by atoms with Crippen molar-refractivity contribution < 1.29 is 4.21 Å². The first-order chi connectivity index (χ1) is 7.57. The van der Waals surface area contributed by atoms with E-state index in [9.17, 15) is 4.21 Å². The summed E-state index contributed by atoms with van der Waals surface area (Å²) >= 11 is 0. The minimum absolute atomic E-state index is 0.187. The summed E-state index contributed by atoms with van der Waals surface area (Å²) in [5.41, 5.74) is 6.76. The molecular weight excluding hydrogens is 218 g/mol. The lowest BCUT2D eigenvalue weighted by Crippen LogP contribution is -2.56. The van der Waals surface area contributed by atoms with E-state index in [4.69, 9.17) is 5.73 Å². The lowest BCUT2D eigenvalue weighted by molar-refractivity contribution is -0.0630. The molecule has 4 aliphatic carbocycles. The van der Waals surface area contributed by atoms with Gasteiger partial charge in [0.15, 0.2) is 0 Å². The molecule has 4 rings (SSSR count). The maximum atomic E-state index is 11.4. The van der Waals surface area contributed by atoms with Crippen LogP contribution in [0.25, 0.3) is 0 Å². The molecule has 0 spiro atoms. The summed E-state index contributed by atoms with van der Waals surface area (Å²) in [6.07, 6.45) is 10.2. The van der Waals surface area contributed by atoms with Crippen LogP contribution in [0.5, 0.6) is 0 Å². The zero-order valence-corrected chi connectivity index (χ0v) is 11.0. The van der Waals surface area contributed by atoms with E-state index in [1.807, 2.05) is 0 Å². The molecule has 4 saturated carbocycles. The zero-order chi connectivity index (χ0) is 11.3. The SMILES string of the molecule is CS(=O)CC(N)C12CC3CC(CC(C3)C1)C2. The molecule has 16 heavy (non-hydrogen) atoms. The number of rotatable bonds is 3. The van der Waals surface area contributed by atoms with Crippen LogP contribution in [0.1, 0.15) is 38.5 Å². The van der Waals surface area contributed by atoms with Gasteiger partial charge < -0.3 is 5.73 Å². The van der Waals surface area contributed by atoms with E-state index in [-0.39, 0.29) is 6.04 Å². The van der Waals surface area contributed by atoms with Crippen molar-refractivity contribution >= 4 is 10.8 Å². The summed E-state index contributed by atoms with van der Waals surface area (Å²) in [7, 11) is -0.733. The third-order valence-electron chi connectivity index (χ3n) is 5.29. The predicted molar refractivity (Wildman–Crippen MR) is 67.5 cm³/mol. The highest BCUT2D eigenvalue weighted by Gasteiger charge is 2.53. The van der Waals surface area contributed by atoms with Crippen LogP contribution in [0, 0.1) is 23.2 Å². The maximum absolute atomic E-state index is 11.4. The van der Waals surface area contributed by atoms with E-state index in [2.05, 4.69) is 0 Å². The fourth-order valence-corrected chi connectivity index (χ4v) is 5.92. The molecular formula is C13H23NOS. The average Bonchev–Trinajstić information content (AvgIpc) is 2.13. The van der Waals surface area contributed by atoms with Gasteiger partial charge >= 0.3 is 0 Å². The number of nitrogens with two attached hydrogens (primary N) is 1. The van der Waals surface area contributed by atoms with Crippen LogP contribution < -0.4 is 5.73 Å². The topological polar surface area (TPSA) is 43.1 Å². The summed E-state index contributed by atoms with van der Waals surface area (Å²) < 4.78 is 11.4. The summed E-state index contributed by atoms with van der Waals surface area (Å²) in [6.45, 7) is 0. The molecule has 0 aromatic carbocycles. The standard InChI is InChI=1S/C13H23NOS/c1-16(15)8-12(14)13-5-9-2-10(6-13)4-11(3-9)7-13/h9-12H,2-8,14H2,1H3. The second-order valence-corrected chi connectivity index (χ2v) is 8.11. The molecule has 4 aliphatic rings. The predicted octanol–water partition coefficient (Wildman–Crippen LogP) is 1.91. The smallest absolute Gasteiger partial charge is 0.0389 e. The molecule has 2 atom stereocenters. The van der Waals surface area contributed by atoms with Gasteiger partial charge in [0, 0.05) is 28.9 Å². The fraction of sp³-hybridized carbons (Fsp3) is 1.00. The normalized spacial score (nSPS) is 49.2. The molecule has 3 heteroatoms. The molecule has 92 valence electrons. The summed E-state index contributed by atoms with van der Waals surface area (Å²) in [5.74, 6) is 3.55. The van der Waals surface area contributed by atoms with Crippen LogP contribution in [0.3, 0.4) is 0 Å². The van der Waals surface area contributed by atoms with Crippen molar-refractivity contribution in [2.75, 3.05) is 12.0 Å². The second kappa shape index (κ2) is 3.81. The van der Waals surface area contributed by atoms with E-state index in [0.717, 1.165) is 17.8 Å². The van der Waals surface area contributed by atoms with Crippen LogP contribution in [0.4, 0.5) is 0 Å². The minimum atomic E-state index is -0.733. The van der Waals surface area contributed by atoms with Crippen LogP contribution in [-0.4, -0.2) is 22.3 Å². The lowest BCUT2D eigenvalue weighted by Gasteiger charge is -2.58. The van der Waals surface area contributed by atoms with Gasteiger partial charge in [0.05, 0.1) is 0 Å². The van der Waals surface area contributed by atoms with Gasteiger partial charge in [0.2, 0.25) is 0 Å². The summed E-state index contributed by atoms with van der Waals surface area (Å²) in [4.78, 5) is 0. The Kier molecular flexibility index (Phi) is 2.67. The van der Waals surface area contributed by atoms with Crippen molar-refractivity contribution in [3.63, 3.8) is 0 Å². The van der Waals surface area contributed by atoms with Crippen molar-refractivity contribution in [1.82, 2.24) is 0 Å². The maximum Gasteiger partial charge on any atom is 0.0389 e. The van der Waals surface area contributed by atoms with Gasteiger partial charge in [-0.2, -0.15) is 0 Å². The number of hydrogen-bond donors (Lipinski definition) is 1. The average molecular weight is 241 g/mol. The quantitative estimate of drug-likeness (QED) is 0.820.